The third-order valence-corrected chi connectivity index (χ3v) is 5.41. The average Bonchev–Trinajstić information content (AvgIpc) is 3.07. The molecule has 0 spiro atoms. The maximum atomic E-state index is 12.4. The summed E-state index contributed by atoms with van der Waals surface area (Å²) in [6.45, 7) is 10.3. The second-order valence-corrected chi connectivity index (χ2v) is 8.67. The van der Waals surface area contributed by atoms with E-state index in [2.05, 4.69) is 36.0 Å². The lowest BCUT2D eigenvalue weighted by Crippen LogP contribution is -2.33. The van der Waals surface area contributed by atoms with Crippen molar-refractivity contribution in [3.8, 4) is 5.75 Å². The quantitative estimate of drug-likeness (QED) is 0.751. The van der Waals surface area contributed by atoms with Crippen LogP contribution in [-0.4, -0.2) is 35.5 Å². The van der Waals surface area contributed by atoms with Gasteiger partial charge in [0.1, 0.15) is 5.75 Å². The number of aromatic nitrogens is 1. The normalized spacial score (nSPS) is 17.9. The Kier molecular flexibility index (Phi) is 6.85. The highest BCUT2D eigenvalue weighted by Crippen LogP contribution is 2.22. The molecular formula is C21H29N3O2S. The molecule has 3 rings (SSSR count). The number of carbonyl (C=O) groups excluding carboxylic acids is 1. The number of nitrogens with zero attached hydrogens (tertiary/aromatic N) is 2. The molecule has 0 aliphatic carbocycles. The van der Waals surface area contributed by atoms with Gasteiger partial charge in [0.2, 0.25) is 0 Å². The Morgan fingerprint density at radius 1 is 1.37 bits per heavy atom. The van der Waals surface area contributed by atoms with E-state index in [0.29, 0.717) is 23.2 Å². The average molecular weight is 388 g/mol. The summed E-state index contributed by atoms with van der Waals surface area (Å²) in [7, 11) is 0. The summed E-state index contributed by atoms with van der Waals surface area (Å²) in [5, 5.41) is 5.60. The Morgan fingerprint density at radius 2 is 2.15 bits per heavy atom. The van der Waals surface area contributed by atoms with Crippen molar-refractivity contribution in [2.75, 3.05) is 25.0 Å². The molecule has 0 unspecified atom stereocenters. The van der Waals surface area contributed by atoms with Crippen molar-refractivity contribution < 1.29 is 9.53 Å². The number of carbonyl (C=O) groups is 1. The summed E-state index contributed by atoms with van der Waals surface area (Å²) >= 11 is 1.48. The lowest BCUT2D eigenvalue weighted by Gasteiger charge is -2.30. The molecule has 5 nitrogen and oxygen atoms in total. The Bertz CT molecular complexity index is 742. The second kappa shape index (κ2) is 9.33. The van der Waals surface area contributed by atoms with Gasteiger partial charge in [0.25, 0.3) is 5.91 Å². The van der Waals surface area contributed by atoms with Crippen molar-refractivity contribution in [3.63, 3.8) is 0 Å². The SMILES string of the molecule is CC(C)COc1ccc(C(=O)Nc2nc(CN3CCC[C@H](C)C3)cs2)cc1. The van der Waals surface area contributed by atoms with Gasteiger partial charge in [-0.3, -0.25) is 15.0 Å². The molecule has 1 atom stereocenters. The third-order valence-electron chi connectivity index (χ3n) is 4.60. The van der Waals surface area contributed by atoms with Crippen molar-refractivity contribution in [1.82, 2.24) is 9.88 Å². The minimum absolute atomic E-state index is 0.141. The van der Waals surface area contributed by atoms with Gasteiger partial charge in [-0.15, -0.1) is 11.3 Å². The van der Waals surface area contributed by atoms with Crippen LogP contribution in [0.4, 0.5) is 5.13 Å². The van der Waals surface area contributed by atoms with Crippen LogP contribution < -0.4 is 10.1 Å². The van der Waals surface area contributed by atoms with Gasteiger partial charge in [0.15, 0.2) is 5.13 Å². The topological polar surface area (TPSA) is 54.5 Å². The Hall–Kier alpha value is -1.92. The largest absolute Gasteiger partial charge is 0.493 e. The summed E-state index contributed by atoms with van der Waals surface area (Å²) in [6, 6.07) is 7.24. The van der Waals surface area contributed by atoms with Crippen LogP contribution in [0.5, 0.6) is 5.75 Å². The van der Waals surface area contributed by atoms with Crippen LogP contribution in [0.1, 0.15) is 49.7 Å². The van der Waals surface area contributed by atoms with E-state index in [1.807, 2.05) is 17.5 Å². The summed E-state index contributed by atoms with van der Waals surface area (Å²) < 4.78 is 5.66. The monoisotopic (exact) mass is 387 g/mol. The second-order valence-electron chi connectivity index (χ2n) is 7.81. The number of rotatable bonds is 7. The van der Waals surface area contributed by atoms with Crippen LogP contribution in [0.15, 0.2) is 29.6 Å². The summed E-state index contributed by atoms with van der Waals surface area (Å²) in [5.74, 6) is 1.87. The van der Waals surface area contributed by atoms with Crippen LogP contribution in [0, 0.1) is 11.8 Å². The number of hydrogen-bond donors (Lipinski definition) is 1. The first kappa shape index (κ1) is 19.8. The van der Waals surface area contributed by atoms with E-state index in [-0.39, 0.29) is 5.91 Å². The van der Waals surface area contributed by atoms with E-state index in [9.17, 15) is 4.79 Å². The minimum atomic E-state index is -0.141. The van der Waals surface area contributed by atoms with Gasteiger partial charge in [-0.1, -0.05) is 20.8 Å². The number of thiazole rings is 1. The van der Waals surface area contributed by atoms with Gasteiger partial charge >= 0.3 is 0 Å². The number of benzene rings is 1. The van der Waals surface area contributed by atoms with Gasteiger partial charge in [-0.2, -0.15) is 0 Å². The van der Waals surface area contributed by atoms with Crippen molar-refractivity contribution in [2.24, 2.45) is 11.8 Å². The van der Waals surface area contributed by atoms with E-state index in [4.69, 9.17) is 4.74 Å². The molecule has 1 saturated heterocycles. The van der Waals surface area contributed by atoms with Crippen LogP contribution >= 0.6 is 11.3 Å². The molecule has 0 bridgehead atoms. The molecule has 1 aromatic heterocycles. The van der Waals surface area contributed by atoms with Gasteiger partial charge in [-0.05, 0) is 55.5 Å². The maximum absolute atomic E-state index is 12.4. The number of amides is 1. The third kappa shape index (κ3) is 6.04. The first-order valence-electron chi connectivity index (χ1n) is 9.70. The molecule has 146 valence electrons. The molecule has 6 heteroatoms. The highest BCUT2D eigenvalue weighted by molar-refractivity contribution is 7.13. The van der Waals surface area contributed by atoms with Gasteiger partial charge in [0, 0.05) is 24.0 Å². The van der Waals surface area contributed by atoms with Gasteiger partial charge < -0.3 is 4.74 Å². The smallest absolute Gasteiger partial charge is 0.257 e. The van der Waals surface area contributed by atoms with E-state index in [1.165, 1.54) is 24.2 Å². The lowest BCUT2D eigenvalue weighted by atomic mass is 10.0. The van der Waals surface area contributed by atoms with Crippen molar-refractivity contribution >= 4 is 22.4 Å². The predicted octanol–water partition coefficient (Wildman–Crippen LogP) is 4.66. The zero-order valence-electron chi connectivity index (χ0n) is 16.4. The van der Waals surface area contributed by atoms with Gasteiger partial charge in [-0.25, -0.2) is 4.98 Å². The van der Waals surface area contributed by atoms with Crippen molar-refractivity contribution in [2.45, 2.75) is 40.2 Å². The van der Waals surface area contributed by atoms with Gasteiger partial charge in [0.05, 0.1) is 12.3 Å². The molecule has 1 aliphatic rings. The molecule has 1 aromatic carbocycles. The molecule has 0 radical (unpaired) electrons. The molecule has 1 fully saturated rings. The standard InChI is InChI=1S/C21H29N3O2S/c1-15(2)13-26-19-8-6-17(7-9-19)20(25)23-21-22-18(14-27-21)12-24-10-4-5-16(3)11-24/h6-9,14-16H,4-5,10-13H2,1-3H3,(H,22,23,25)/t16-/m0/s1. The van der Waals surface area contributed by atoms with E-state index < -0.39 is 0 Å². The molecule has 2 heterocycles. The number of piperidine rings is 1. The first-order chi connectivity index (χ1) is 13.0. The highest BCUT2D eigenvalue weighted by atomic mass is 32.1. The Morgan fingerprint density at radius 3 is 2.85 bits per heavy atom. The van der Waals surface area contributed by atoms with E-state index >= 15 is 0 Å². The molecule has 1 aliphatic heterocycles. The molecule has 2 aromatic rings. The number of likely N-dealkylation sites (tertiary alicyclic amines) is 1. The summed E-state index contributed by atoms with van der Waals surface area (Å²) in [5.41, 5.74) is 1.63. The Labute approximate surface area is 165 Å². The van der Waals surface area contributed by atoms with Crippen LogP contribution in [-0.2, 0) is 6.54 Å². The fraction of sp³-hybridized carbons (Fsp3) is 0.524. The molecule has 0 saturated carbocycles. The Balaban J connectivity index is 1.52. The van der Waals surface area contributed by atoms with E-state index in [1.54, 1.807) is 12.1 Å². The van der Waals surface area contributed by atoms with E-state index in [0.717, 1.165) is 37.0 Å². The predicted molar refractivity (Wildman–Crippen MR) is 111 cm³/mol. The molecule has 1 N–H and O–H groups in total. The first-order valence-corrected chi connectivity index (χ1v) is 10.6. The number of ether oxygens (including phenoxy) is 1. The molecule has 1 amide bonds. The number of anilines is 1. The minimum Gasteiger partial charge on any atom is -0.493 e. The maximum Gasteiger partial charge on any atom is 0.257 e. The van der Waals surface area contributed by atoms with Crippen molar-refractivity contribution in [3.05, 3.63) is 40.9 Å². The lowest BCUT2D eigenvalue weighted by molar-refractivity contribution is 0.102. The fourth-order valence-electron chi connectivity index (χ4n) is 3.23. The number of hydrogen-bond acceptors (Lipinski definition) is 5. The highest BCUT2D eigenvalue weighted by Gasteiger charge is 2.17. The summed E-state index contributed by atoms with van der Waals surface area (Å²) in [6.07, 6.45) is 2.57. The fourth-order valence-corrected chi connectivity index (χ4v) is 3.93. The number of nitrogens with one attached hydrogen (secondary N) is 1. The zero-order chi connectivity index (χ0) is 19.2. The van der Waals surface area contributed by atoms with Crippen LogP contribution in [0.2, 0.25) is 0 Å². The molecular weight excluding hydrogens is 358 g/mol. The van der Waals surface area contributed by atoms with Crippen LogP contribution in [0.25, 0.3) is 0 Å². The molecule has 27 heavy (non-hydrogen) atoms. The van der Waals surface area contributed by atoms with Crippen LogP contribution in [0.3, 0.4) is 0 Å². The van der Waals surface area contributed by atoms with Crippen molar-refractivity contribution in [1.29, 1.82) is 0 Å². The zero-order valence-corrected chi connectivity index (χ0v) is 17.2. The summed E-state index contributed by atoms with van der Waals surface area (Å²) in [4.78, 5) is 19.5.